The molecule has 1 heteroatoms. The monoisotopic (exact) mass is 155 g/mol. The molecule has 0 saturated heterocycles. The lowest BCUT2D eigenvalue weighted by Crippen LogP contribution is -2.30. The third-order valence-electron chi connectivity index (χ3n) is 2.43. The molecule has 1 aliphatic carbocycles. The van der Waals surface area contributed by atoms with Crippen molar-refractivity contribution in [1.29, 1.82) is 0 Å². The molecule has 1 aliphatic rings. The first-order chi connectivity index (χ1) is 4.91. The van der Waals surface area contributed by atoms with E-state index in [0.29, 0.717) is 11.0 Å². The molecule has 0 amide bonds. The van der Waals surface area contributed by atoms with Crippen molar-refractivity contribution in [3.63, 3.8) is 0 Å². The van der Waals surface area contributed by atoms with Crippen LogP contribution in [0.4, 0.5) is 0 Å². The Hall–Kier alpha value is -0.0400. The molecular formula is C10H21N. The van der Waals surface area contributed by atoms with E-state index < -0.39 is 0 Å². The second kappa shape index (κ2) is 2.78. The summed E-state index contributed by atoms with van der Waals surface area (Å²) in [7, 11) is 0. The quantitative estimate of drug-likeness (QED) is 0.660. The zero-order valence-corrected chi connectivity index (χ0v) is 8.33. The average Bonchev–Trinajstić information content (AvgIpc) is 2.44. The minimum absolute atomic E-state index is 0.484. The minimum atomic E-state index is 0.484. The normalized spacial score (nSPS) is 21.8. The van der Waals surface area contributed by atoms with Gasteiger partial charge in [-0.3, -0.25) is 0 Å². The molecule has 0 aliphatic heterocycles. The van der Waals surface area contributed by atoms with Gasteiger partial charge < -0.3 is 5.32 Å². The van der Waals surface area contributed by atoms with E-state index in [9.17, 15) is 0 Å². The Morgan fingerprint density at radius 3 is 2.18 bits per heavy atom. The topological polar surface area (TPSA) is 12.0 Å². The minimum Gasteiger partial charge on any atom is -0.311 e. The smallest absolute Gasteiger partial charge is 0.0154 e. The molecule has 1 fully saturated rings. The van der Waals surface area contributed by atoms with Crippen molar-refractivity contribution < 1.29 is 0 Å². The Kier molecular flexibility index (Phi) is 2.29. The highest BCUT2D eigenvalue weighted by atomic mass is 15.0. The first-order valence-corrected chi connectivity index (χ1v) is 4.66. The Labute approximate surface area is 70.6 Å². The van der Waals surface area contributed by atoms with E-state index in [4.69, 9.17) is 0 Å². The van der Waals surface area contributed by atoms with Crippen molar-refractivity contribution in [1.82, 2.24) is 5.32 Å². The molecule has 0 unspecified atom stereocenters. The summed E-state index contributed by atoms with van der Waals surface area (Å²) in [4.78, 5) is 0. The maximum Gasteiger partial charge on any atom is 0.0154 e. The van der Waals surface area contributed by atoms with Gasteiger partial charge in [0.2, 0.25) is 0 Å². The van der Waals surface area contributed by atoms with E-state index in [1.165, 1.54) is 25.8 Å². The Morgan fingerprint density at radius 1 is 1.27 bits per heavy atom. The molecule has 0 atom stereocenters. The van der Waals surface area contributed by atoms with Crippen molar-refractivity contribution >= 4 is 0 Å². The van der Waals surface area contributed by atoms with Crippen molar-refractivity contribution in [3.8, 4) is 0 Å². The van der Waals surface area contributed by atoms with Gasteiger partial charge in [-0.15, -0.1) is 0 Å². The van der Waals surface area contributed by atoms with Gasteiger partial charge in [0.15, 0.2) is 0 Å². The van der Waals surface area contributed by atoms with Crippen LogP contribution in [0.2, 0.25) is 0 Å². The summed E-state index contributed by atoms with van der Waals surface area (Å²) in [6, 6.07) is 0. The highest BCUT2D eigenvalue weighted by Gasteiger charge is 2.36. The molecule has 0 radical (unpaired) electrons. The zero-order chi connectivity index (χ0) is 8.54. The Morgan fingerprint density at radius 2 is 1.82 bits per heavy atom. The zero-order valence-electron chi connectivity index (χ0n) is 8.33. The van der Waals surface area contributed by atoms with Crippen LogP contribution >= 0.6 is 0 Å². The summed E-state index contributed by atoms with van der Waals surface area (Å²) < 4.78 is 0. The van der Waals surface area contributed by atoms with Gasteiger partial charge in [-0.05, 0) is 38.1 Å². The van der Waals surface area contributed by atoms with Crippen LogP contribution in [-0.4, -0.2) is 12.1 Å². The van der Waals surface area contributed by atoms with Gasteiger partial charge in [-0.1, -0.05) is 20.8 Å². The summed E-state index contributed by atoms with van der Waals surface area (Å²) in [5, 5.41) is 3.59. The summed E-state index contributed by atoms with van der Waals surface area (Å²) in [6.45, 7) is 10.4. The lowest BCUT2D eigenvalue weighted by molar-refractivity contribution is 0.353. The first kappa shape index (κ1) is 9.05. The number of rotatable bonds is 3. The van der Waals surface area contributed by atoms with Crippen molar-refractivity contribution in [2.24, 2.45) is 5.41 Å². The van der Waals surface area contributed by atoms with E-state index in [0.717, 1.165) is 0 Å². The van der Waals surface area contributed by atoms with Gasteiger partial charge in [-0.2, -0.15) is 0 Å². The average molecular weight is 155 g/mol. The van der Waals surface area contributed by atoms with Crippen LogP contribution in [0.25, 0.3) is 0 Å². The van der Waals surface area contributed by atoms with Crippen LogP contribution in [-0.2, 0) is 0 Å². The van der Waals surface area contributed by atoms with Crippen LogP contribution in [0, 0.1) is 5.41 Å². The van der Waals surface area contributed by atoms with Crippen LogP contribution in [0.5, 0.6) is 0 Å². The molecule has 0 heterocycles. The molecule has 1 N–H and O–H groups in total. The second-order valence-corrected chi connectivity index (χ2v) is 5.30. The molecule has 66 valence electrons. The van der Waals surface area contributed by atoms with E-state index in [1.54, 1.807) is 0 Å². The van der Waals surface area contributed by atoms with Gasteiger partial charge in [0.05, 0.1) is 0 Å². The number of hydrogen-bond donors (Lipinski definition) is 1. The fourth-order valence-electron chi connectivity index (χ4n) is 1.10. The van der Waals surface area contributed by atoms with Gasteiger partial charge >= 0.3 is 0 Å². The molecule has 1 rings (SSSR count). The highest BCUT2D eigenvalue weighted by Crippen LogP contribution is 2.34. The van der Waals surface area contributed by atoms with Gasteiger partial charge in [0.25, 0.3) is 0 Å². The van der Waals surface area contributed by atoms with Gasteiger partial charge in [0.1, 0.15) is 0 Å². The number of nitrogens with one attached hydrogen (secondary N) is 1. The summed E-state index contributed by atoms with van der Waals surface area (Å²) in [5.41, 5.74) is 1.00. The SMILES string of the molecule is CC(C)(C)CCNC1(C)CC1. The lowest BCUT2D eigenvalue weighted by atomic mass is 9.92. The van der Waals surface area contributed by atoms with Crippen LogP contribution < -0.4 is 5.32 Å². The second-order valence-electron chi connectivity index (χ2n) is 5.30. The first-order valence-electron chi connectivity index (χ1n) is 4.66. The molecule has 1 nitrogen and oxygen atoms in total. The molecule has 11 heavy (non-hydrogen) atoms. The Bertz CT molecular complexity index is 123. The van der Waals surface area contributed by atoms with E-state index in [2.05, 4.69) is 33.0 Å². The fourth-order valence-corrected chi connectivity index (χ4v) is 1.10. The van der Waals surface area contributed by atoms with E-state index in [-0.39, 0.29) is 0 Å². The van der Waals surface area contributed by atoms with Crippen LogP contribution in [0.1, 0.15) is 47.0 Å². The van der Waals surface area contributed by atoms with E-state index in [1.807, 2.05) is 0 Å². The van der Waals surface area contributed by atoms with Crippen molar-refractivity contribution in [2.75, 3.05) is 6.54 Å². The standard InChI is InChI=1S/C10H21N/c1-9(2,3)7-8-11-10(4)5-6-10/h11H,5-8H2,1-4H3. The van der Waals surface area contributed by atoms with Crippen LogP contribution in [0.3, 0.4) is 0 Å². The Balaban J connectivity index is 2.05. The summed E-state index contributed by atoms with van der Waals surface area (Å²) >= 11 is 0. The maximum absolute atomic E-state index is 3.59. The molecule has 0 aromatic carbocycles. The van der Waals surface area contributed by atoms with Gasteiger partial charge in [-0.25, -0.2) is 0 Å². The maximum atomic E-state index is 3.59. The largest absolute Gasteiger partial charge is 0.311 e. The van der Waals surface area contributed by atoms with Gasteiger partial charge in [0, 0.05) is 5.54 Å². The molecule has 0 bridgehead atoms. The van der Waals surface area contributed by atoms with Crippen molar-refractivity contribution in [3.05, 3.63) is 0 Å². The fraction of sp³-hybridized carbons (Fsp3) is 1.00. The number of hydrogen-bond acceptors (Lipinski definition) is 1. The molecule has 0 aromatic rings. The third kappa shape index (κ3) is 3.76. The molecule has 0 aromatic heterocycles. The molecular weight excluding hydrogens is 134 g/mol. The van der Waals surface area contributed by atoms with Crippen LogP contribution in [0.15, 0.2) is 0 Å². The summed E-state index contributed by atoms with van der Waals surface area (Å²) in [6.07, 6.45) is 4.02. The predicted molar refractivity (Wildman–Crippen MR) is 49.7 cm³/mol. The predicted octanol–water partition coefficient (Wildman–Crippen LogP) is 2.56. The van der Waals surface area contributed by atoms with Crippen molar-refractivity contribution in [2.45, 2.75) is 52.5 Å². The highest BCUT2D eigenvalue weighted by molar-refractivity contribution is 4.97. The lowest BCUT2D eigenvalue weighted by Gasteiger charge is -2.20. The summed E-state index contributed by atoms with van der Waals surface area (Å²) in [5.74, 6) is 0. The molecule has 1 saturated carbocycles. The van der Waals surface area contributed by atoms with E-state index >= 15 is 0 Å². The third-order valence-corrected chi connectivity index (χ3v) is 2.43. The molecule has 0 spiro atoms.